The van der Waals surface area contributed by atoms with E-state index in [1.165, 1.54) is 5.56 Å². The maximum atomic E-state index is 13.0. The standard InChI is InChI=1S/C20H25N3O2/c1-14-19(11-22(2)21-14)20(24)16-8-17-12-25-13-18(9-16)23(17)10-15-6-4-3-5-7-15/h3-7,11,16-18H,8-10,12-13H2,1-2H3. The van der Waals surface area contributed by atoms with Gasteiger partial charge >= 0.3 is 0 Å². The van der Waals surface area contributed by atoms with Crippen LogP contribution in [-0.2, 0) is 18.3 Å². The second-order valence-electron chi connectivity index (χ2n) is 7.34. The molecule has 0 saturated carbocycles. The quantitative estimate of drug-likeness (QED) is 0.804. The summed E-state index contributed by atoms with van der Waals surface area (Å²) in [5.41, 5.74) is 2.94. The van der Waals surface area contributed by atoms with Crippen molar-refractivity contribution >= 4 is 5.78 Å². The van der Waals surface area contributed by atoms with Gasteiger partial charge in [0.25, 0.3) is 0 Å². The zero-order valence-electron chi connectivity index (χ0n) is 14.9. The molecule has 1 aromatic carbocycles. The molecule has 0 radical (unpaired) electrons. The van der Waals surface area contributed by atoms with Crippen LogP contribution in [0.1, 0.15) is 34.5 Å². The molecule has 2 atom stereocenters. The molecule has 2 bridgehead atoms. The van der Waals surface area contributed by atoms with Gasteiger partial charge in [0.1, 0.15) is 0 Å². The zero-order chi connectivity index (χ0) is 17.4. The molecule has 0 N–H and O–H groups in total. The van der Waals surface area contributed by atoms with Crippen LogP contribution in [0.2, 0.25) is 0 Å². The lowest BCUT2D eigenvalue weighted by Gasteiger charge is -2.48. The van der Waals surface area contributed by atoms with Crippen molar-refractivity contribution < 1.29 is 9.53 Å². The maximum absolute atomic E-state index is 13.0. The van der Waals surface area contributed by atoms with Crippen LogP contribution >= 0.6 is 0 Å². The number of piperidine rings is 1. The first-order chi connectivity index (χ1) is 12.1. The van der Waals surface area contributed by atoms with Crippen molar-refractivity contribution in [3.8, 4) is 0 Å². The summed E-state index contributed by atoms with van der Waals surface area (Å²) >= 11 is 0. The van der Waals surface area contributed by atoms with E-state index in [9.17, 15) is 4.79 Å². The molecule has 132 valence electrons. The van der Waals surface area contributed by atoms with E-state index in [2.05, 4.69) is 40.3 Å². The van der Waals surface area contributed by atoms with E-state index in [1.807, 2.05) is 20.2 Å². The van der Waals surface area contributed by atoms with Gasteiger partial charge in [0.15, 0.2) is 5.78 Å². The van der Waals surface area contributed by atoms with Crippen molar-refractivity contribution in [3.63, 3.8) is 0 Å². The predicted octanol–water partition coefficient (Wildman–Crippen LogP) is 2.59. The van der Waals surface area contributed by atoms with Crippen LogP contribution in [0, 0.1) is 12.8 Å². The number of benzene rings is 1. The molecule has 5 heteroatoms. The molecule has 2 saturated heterocycles. The van der Waals surface area contributed by atoms with E-state index in [0.717, 1.165) is 43.9 Å². The van der Waals surface area contributed by atoms with E-state index < -0.39 is 0 Å². The molecule has 5 nitrogen and oxygen atoms in total. The first kappa shape index (κ1) is 16.5. The number of ketones is 1. The van der Waals surface area contributed by atoms with Gasteiger partial charge in [0.05, 0.1) is 24.5 Å². The number of carbonyl (C=O) groups excluding carboxylic acids is 1. The summed E-state index contributed by atoms with van der Waals surface area (Å²) in [6, 6.07) is 11.2. The highest BCUT2D eigenvalue weighted by atomic mass is 16.5. The molecule has 2 aromatic rings. The number of Topliss-reactive ketones (excluding diaryl/α,β-unsaturated/α-hetero) is 1. The molecule has 0 amide bonds. The van der Waals surface area contributed by atoms with Crippen molar-refractivity contribution in [2.45, 2.75) is 38.4 Å². The highest BCUT2D eigenvalue weighted by molar-refractivity contribution is 5.98. The summed E-state index contributed by atoms with van der Waals surface area (Å²) in [7, 11) is 1.87. The Bertz CT molecular complexity index is 742. The number of ether oxygens (including phenoxy) is 1. The van der Waals surface area contributed by atoms with Crippen LogP contribution in [0.3, 0.4) is 0 Å². The van der Waals surface area contributed by atoms with E-state index in [1.54, 1.807) is 4.68 Å². The van der Waals surface area contributed by atoms with E-state index in [4.69, 9.17) is 4.74 Å². The number of hydrogen-bond donors (Lipinski definition) is 0. The Hall–Kier alpha value is -1.98. The molecular formula is C20H25N3O2. The molecule has 25 heavy (non-hydrogen) atoms. The molecule has 2 aliphatic heterocycles. The summed E-state index contributed by atoms with van der Waals surface area (Å²) in [5, 5.41) is 4.33. The number of morpholine rings is 1. The van der Waals surface area contributed by atoms with Gasteiger partial charge in [-0.05, 0) is 25.3 Å². The maximum Gasteiger partial charge on any atom is 0.169 e. The lowest BCUT2D eigenvalue weighted by atomic mass is 9.80. The molecule has 0 aliphatic carbocycles. The Morgan fingerprint density at radius 1 is 1.20 bits per heavy atom. The Morgan fingerprint density at radius 2 is 1.88 bits per heavy atom. The van der Waals surface area contributed by atoms with E-state index in [0.29, 0.717) is 12.1 Å². The lowest BCUT2D eigenvalue weighted by Crippen LogP contribution is -2.57. The van der Waals surface area contributed by atoms with Gasteiger partial charge in [0, 0.05) is 37.8 Å². The van der Waals surface area contributed by atoms with Gasteiger partial charge in [0.2, 0.25) is 0 Å². The molecule has 1 aromatic heterocycles. The summed E-state index contributed by atoms with van der Waals surface area (Å²) in [5.74, 6) is 0.329. The predicted molar refractivity (Wildman–Crippen MR) is 95.4 cm³/mol. The third-order valence-electron chi connectivity index (χ3n) is 5.53. The number of carbonyl (C=O) groups is 1. The van der Waals surface area contributed by atoms with Crippen molar-refractivity contribution in [1.29, 1.82) is 0 Å². The number of rotatable bonds is 4. The van der Waals surface area contributed by atoms with Gasteiger partial charge in [-0.15, -0.1) is 0 Å². The number of aryl methyl sites for hydroxylation is 2. The minimum absolute atomic E-state index is 0.0776. The zero-order valence-corrected chi connectivity index (χ0v) is 14.9. The molecule has 0 spiro atoms. The molecule has 3 heterocycles. The first-order valence-electron chi connectivity index (χ1n) is 9.03. The average Bonchev–Trinajstić information content (AvgIpc) is 2.93. The monoisotopic (exact) mass is 339 g/mol. The van der Waals surface area contributed by atoms with Crippen molar-refractivity contribution in [3.05, 3.63) is 53.3 Å². The molecule has 2 fully saturated rings. The minimum atomic E-state index is 0.0776. The summed E-state index contributed by atoms with van der Waals surface area (Å²) < 4.78 is 7.53. The van der Waals surface area contributed by atoms with Gasteiger partial charge in [-0.25, -0.2) is 0 Å². The van der Waals surface area contributed by atoms with Gasteiger partial charge < -0.3 is 4.74 Å². The molecule has 2 aliphatic rings. The van der Waals surface area contributed by atoms with Crippen molar-refractivity contribution in [1.82, 2.24) is 14.7 Å². The number of nitrogens with zero attached hydrogens (tertiary/aromatic N) is 3. The summed E-state index contributed by atoms with van der Waals surface area (Å²) in [6.07, 6.45) is 3.60. The number of hydrogen-bond acceptors (Lipinski definition) is 4. The fourth-order valence-corrected chi connectivity index (χ4v) is 4.32. The van der Waals surface area contributed by atoms with Gasteiger partial charge in [-0.1, -0.05) is 30.3 Å². The fourth-order valence-electron chi connectivity index (χ4n) is 4.32. The Balaban J connectivity index is 1.51. The van der Waals surface area contributed by atoms with E-state index in [-0.39, 0.29) is 11.7 Å². The normalized spacial score (nSPS) is 26.6. The van der Waals surface area contributed by atoms with Crippen LogP contribution in [0.25, 0.3) is 0 Å². The van der Waals surface area contributed by atoms with Crippen LogP contribution in [0.15, 0.2) is 36.5 Å². The Morgan fingerprint density at radius 3 is 2.48 bits per heavy atom. The van der Waals surface area contributed by atoms with Crippen LogP contribution in [-0.4, -0.2) is 45.8 Å². The summed E-state index contributed by atoms with van der Waals surface area (Å²) in [6.45, 7) is 4.30. The van der Waals surface area contributed by atoms with Gasteiger partial charge in [-0.3, -0.25) is 14.4 Å². The average molecular weight is 339 g/mol. The Labute approximate surface area is 148 Å². The van der Waals surface area contributed by atoms with E-state index >= 15 is 0 Å². The van der Waals surface area contributed by atoms with Crippen LogP contribution in [0.4, 0.5) is 0 Å². The molecular weight excluding hydrogens is 314 g/mol. The van der Waals surface area contributed by atoms with Gasteiger partial charge in [-0.2, -0.15) is 5.10 Å². The fraction of sp³-hybridized carbons (Fsp3) is 0.500. The largest absolute Gasteiger partial charge is 0.378 e. The van der Waals surface area contributed by atoms with Crippen molar-refractivity contribution in [2.24, 2.45) is 13.0 Å². The third kappa shape index (κ3) is 3.26. The topological polar surface area (TPSA) is 47.4 Å². The van der Waals surface area contributed by atoms with Crippen molar-refractivity contribution in [2.75, 3.05) is 13.2 Å². The van der Waals surface area contributed by atoms with Crippen LogP contribution in [0.5, 0.6) is 0 Å². The third-order valence-corrected chi connectivity index (χ3v) is 5.53. The number of fused-ring (bicyclic) bond motifs is 2. The summed E-state index contributed by atoms with van der Waals surface area (Å²) in [4.78, 5) is 15.6. The molecule has 4 rings (SSSR count). The Kier molecular flexibility index (Phi) is 4.44. The highest BCUT2D eigenvalue weighted by Crippen LogP contribution is 2.34. The molecule has 2 unspecified atom stereocenters. The minimum Gasteiger partial charge on any atom is -0.378 e. The smallest absolute Gasteiger partial charge is 0.169 e. The number of aromatic nitrogens is 2. The lowest BCUT2D eigenvalue weighted by molar-refractivity contribution is -0.0872. The first-order valence-corrected chi connectivity index (χ1v) is 9.03. The highest BCUT2D eigenvalue weighted by Gasteiger charge is 2.41. The SMILES string of the molecule is Cc1nn(C)cc1C(=O)C1CC2COCC(C1)N2Cc1ccccc1. The van der Waals surface area contributed by atoms with Crippen LogP contribution < -0.4 is 0 Å². The second kappa shape index (κ2) is 6.73. The second-order valence-corrected chi connectivity index (χ2v) is 7.34.